The van der Waals surface area contributed by atoms with E-state index in [0.29, 0.717) is 12.3 Å². The van der Waals surface area contributed by atoms with Gasteiger partial charge in [0.05, 0.1) is 0 Å². The van der Waals surface area contributed by atoms with Crippen LogP contribution in [0, 0.1) is 5.92 Å². The Morgan fingerprint density at radius 2 is 2.18 bits per heavy atom. The summed E-state index contributed by atoms with van der Waals surface area (Å²) < 4.78 is 0. The molecule has 0 atom stereocenters. The largest absolute Gasteiger partial charge is 0.312 e. The van der Waals surface area contributed by atoms with Crippen molar-refractivity contribution in [1.82, 2.24) is 5.32 Å². The Bertz CT molecular complexity index is 409. The number of benzene rings is 1. The maximum absolute atomic E-state index is 12.0. The number of ketones is 1. The predicted octanol–water partition coefficient (Wildman–Crippen LogP) is 2.95. The molecular weight excluding hydrogens is 210 g/mol. The van der Waals surface area contributed by atoms with Gasteiger partial charge in [0.2, 0.25) is 0 Å². The topological polar surface area (TPSA) is 29.1 Å². The van der Waals surface area contributed by atoms with Crippen molar-refractivity contribution in [2.24, 2.45) is 5.92 Å². The van der Waals surface area contributed by atoms with Crippen LogP contribution < -0.4 is 5.32 Å². The lowest BCUT2D eigenvalue weighted by atomic mass is 9.95. The van der Waals surface area contributed by atoms with E-state index in [1.165, 1.54) is 11.1 Å². The smallest absolute Gasteiger partial charge is 0.162 e. The zero-order valence-corrected chi connectivity index (χ0v) is 10.8. The second kappa shape index (κ2) is 5.46. The lowest BCUT2D eigenvalue weighted by Crippen LogP contribution is -2.23. The first-order valence-electron chi connectivity index (χ1n) is 6.52. The van der Waals surface area contributed by atoms with E-state index in [4.69, 9.17) is 0 Å². The van der Waals surface area contributed by atoms with Gasteiger partial charge in [-0.25, -0.2) is 0 Å². The maximum Gasteiger partial charge on any atom is 0.162 e. The van der Waals surface area contributed by atoms with Crippen LogP contribution in [0.2, 0.25) is 0 Å². The van der Waals surface area contributed by atoms with Crippen LogP contribution in [0.15, 0.2) is 18.2 Å². The molecule has 0 aromatic heterocycles. The average molecular weight is 231 g/mol. The van der Waals surface area contributed by atoms with Crippen molar-refractivity contribution in [3.63, 3.8) is 0 Å². The maximum atomic E-state index is 12.0. The molecule has 2 nitrogen and oxygen atoms in total. The number of hydrogen-bond acceptors (Lipinski definition) is 2. The minimum atomic E-state index is 0.284. The highest BCUT2D eigenvalue weighted by atomic mass is 16.1. The van der Waals surface area contributed by atoms with Gasteiger partial charge in [0.1, 0.15) is 0 Å². The SMILES string of the molecule is CC(C)CCC(=O)c1ccc2c(c1)CNCC2. The first-order valence-corrected chi connectivity index (χ1v) is 6.52. The molecule has 0 amide bonds. The normalized spacial score (nSPS) is 14.8. The summed E-state index contributed by atoms with van der Waals surface area (Å²) in [5, 5.41) is 3.35. The Hall–Kier alpha value is -1.15. The molecule has 0 saturated heterocycles. The van der Waals surface area contributed by atoms with Crippen LogP contribution in [-0.4, -0.2) is 12.3 Å². The van der Waals surface area contributed by atoms with Crippen LogP contribution in [0.4, 0.5) is 0 Å². The molecule has 0 saturated carbocycles. The van der Waals surface area contributed by atoms with Crippen LogP contribution in [0.5, 0.6) is 0 Å². The van der Waals surface area contributed by atoms with Crippen molar-refractivity contribution in [3.8, 4) is 0 Å². The number of carbonyl (C=O) groups excluding carboxylic acids is 1. The highest BCUT2D eigenvalue weighted by Gasteiger charge is 2.12. The van der Waals surface area contributed by atoms with E-state index >= 15 is 0 Å². The van der Waals surface area contributed by atoms with Gasteiger partial charge in [-0.1, -0.05) is 26.0 Å². The number of hydrogen-bond donors (Lipinski definition) is 1. The fraction of sp³-hybridized carbons (Fsp3) is 0.533. The molecule has 1 aromatic carbocycles. The van der Waals surface area contributed by atoms with E-state index in [2.05, 4.69) is 31.3 Å². The summed E-state index contributed by atoms with van der Waals surface area (Å²) in [7, 11) is 0. The highest BCUT2D eigenvalue weighted by molar-refractivity contribution is 5.96. The molecule has 0 aliphatic carbocycles. The molecular formula is C15H21NO. The molecule has 0 radical (unpaired) electrons. The minimum absolute atomic E-state index is 0.284. The van der Waals surface area contributed by atoms with Gasteiger partial charge in [0.15, 0.2) is 5.78 Å². The van der Waals surface area contributed by atoms with Gasteiger partial charge in [0, 0.05) is 18.5 Å². The molecule has 1 aromatic rings. The van der Waals surface area contributed by atoms with Crippen LogP contribution in [0.1, 0.15) is 48.2 Å². The first kappa shape index (κ1) is 12.3. The minimum Gasteiger partial charge on any atom is -0.312 e. The molecule has 2 heteroatoms. The van der Waals surface area contributed by atoms with Crippen LogP contribution in [-0.2, 0) is 13.0 Å². The number of fused-ring (bicyclic) bond motifs is 1. The molecule has 0 spiro atoms. The molecule has 17 heavy (non-hydrogen) atoms. The number of Topliss-reactive ketones (excluding diaryl/α,β-unsaturated/α-hetero) is 1. The van der Waals surface area contributed by atoms with Gasteiger partial charge in [-0.3, -0.25) is 4.79 Å². The molecule has 2 rings (SSSR count). The van der Waals surface area contributed by atoms with Crippen molar-refractivity contribution in [3.05, 3.63) is 34.9 Å². The Balaban J connectivity index is 2.08. The van der Waals surface area contributed by atoms with Gasteiger partial charge < -0.3 is 5.32 Å². The molecule has 1 N–H and O–H groups in total. The van der Waals surface area contributed by atoms with Crippen molar-refractivity contribution in [2.45, 2.75) is 39.7 Å². The number of rotatable bonds is 4. The lowest BCUT2D eigenvalue weighted by molar-refractivity contribution is 0.0975. The third kappa shape index (κ3) is 3.16. The van der Waals surface area contributed by atoms with Crippen molar-refractivity contribution in [1.29, 1.82) is 0 Å². The van der Waals surface area contributed by atoms with E-state index in [1.807, 2.05) is 6.07 Å². The van der Waals surface area contributed by atoms with E-state index in [-0.39, 0.29) is 5.78 Å². The monoisotopic (exact) mass is 231 g/mol. The van der Waals surface area contributed by atoms with Gasteiger partial charge >= 0.3 is 0 Å². The first-order chi connectivity index (χ1) is 8.16. The molecule has 1 aliphatic heterocycles. The second-order valence-electron chi connectivity index (χ2n) is 5.27. The average Bonchev–Trinajstić information content (AvgIpc) is 2.35. The lowest BCUT2D eigenvalue weighted by Gasteiger charge is -2.17. The van der Waals surface area contributed by atoms with Gasteiger partial charge in [-0.15, -0.1) is 0 Å². The summed E-state index contributed by atoms with van der Waals surface area (Å²) in [6.45, 7) is 6.27. The van der Waals surface area contributed by atoms with Crippen LogP contribution >= 0.6 is 0 Å². The van der Waals surface area contributed by atoms with Gasteiger partial charge in [0.25, 0.3) is 0 Å². The summed E-state index contributed by atoms with van der Waals surface area (Å²) in [6, 6.07) is 6.19. The Kier molecular flexibility index (Phi) is 3.95. The summed E-state index contributed by atoms with van der Waals surface area (Å²) in [6.07, 6.45) is 2.73. The van der Waals surface area contributed by atoms with Gasteiger partial charge in [-0.05, 0) is 42.5 Å². The molecule has 1 heterocycles. The highest BCUT2D eigenvalue weighted by Crippen LogP contribution is 2.18. The van der Waals surface area contributed by atoms with E-state index in [9.17, 15) is 4.79 Å². The Morgan fingerprint density at radius 3 is 2.94 bits per heavy atom. The quantitative estimate of drug-likeness (QED) is 0.807. The number of carbonyl (C=O) groups is 1. The van der Waals surface area contributed by atoms with Crippen molar-refractivity contribution >= 4 is 5.78 Å². The van der Waals surface area contributed by atoms with E-state index < -0.39 is 0 Å². The standard InChI is InChI=1S/C15H21NO/c1-11(2)3-6-15(17)13-5-4-12-7-8-16-10-14(12)9-13/h4-5,9,11,16H,3,6-8,10H2,1-2H3. The van der Waals surface area contributed by atoms with Crippen molar-refractivity contribution in [2.75, 3.05) is 6.54 Å². The van der Waals surface area contributed by atoms with Gasteiger partial charge in [-0.2, -0.15) is 0 Å². The summed E-state index contributed by atoms with van der Waals surface area (Å²) >= 11 is 0. The molecule has 0 bridgehead atoms. The summed E-state index contributed by atoms with van der Waals surface area (Å²) in [5.41, 5.74) is 3.57. The fourth-order valence-corrected chi connectivity index (χ4v) is 2.22. The molecule has 92 valence electrons. The van der Waals surface area contributed by atoms with Crippen LogP contribution in [0.25, 0.3) is 0 Å². The zero-order valence-electron chi connectivity index (χ0n) is 10.8. The molecule has 0 fully saturated rings. The van der Waals surface area contributed by atoms with Crippen LogP contribution in [0.3, 0.4) is 0 Å². The Labute approximate surface area is 103 Å². The van der Waals surface area contributed by atoms with E-state index in [0.717, 1.165) is 31.5 Å². The summed E-state index contributed by atoms with van der Waals surface area (Å²) in [5.74, 6) is 0.880. The van der Waals surface area contributed by atoms with E-state index in [1.54, 1.807) is 0 Å². The van der Waals surface area contributed by atoms with Crippen molar-refractivity contribution < 1.29 is 4.79 Å². The molecule has 1 aliphatic rings. The fourth-order valence-electron chi connectivity index (χ4n) is 2.22. The molecule has 0 unspecified atom stereocenters. The number of nitrogens with one attached hydrogen (secondary N) is 1. The third-order valence-electron chi connectivity index (χ3n) is 3.36. The zero-order chi connectivity index (χ0) is 12.3. The second-order valence-corrected chi connectivity index (χ2v) is 5.27. The predicted molar refractivity (Wildman–Crippen MR) is 70.3 cm³/mol. The Morgan fingerprint density at radius 1 is 1.35 bits per heavy atom. The summed E-state index contributed by atoms with van der Waals surface area (Å²) in [4.78, 5) is 12.0. The third-order valence-corrected chi connectivity index (χ3v) is 3.36.